The predicted octanol–water partition coefficient (Wildman–Crippen LogP) is 4.43. The molecule has 0 fully saturated rings. The number of benzene rings is 1. The Bertz CT molecular complexity index is 401. The molecule has 1 aromatic carbocycles. The summed E-state index contributed by atoms with van der Waals surface area (Å²) in [6, 6.07) is 4.03. The Hall–Kier alpha value is 0.800. The highest BCUT2D eigenvalue weighted by molar-refractivity contribution is 14.1. The lowest BCUT2D eigenvalue weighted by atomic mass is 10.3. The number of aromatic nitrogens is 1. The highest BCUT2D eigenvalue weighted by atomic mass is 127. The van der Waals surface area contributed by atoms with E-state index in [0.717, 1.165) is 17.5 Å². The van der Waals surface area contributed by atoms with Crippen LogP contribution >= 0.6 is 65.8 Å². The van der Waals surface area contributed by atoms with Gasteiger partial charge in [-0.1, -0.05) is 0 Å². The molecule has 0 saturated heterocycles. The van der Waals surface area contributed by atoms with Crippen LogP contribution in [0.3, 0.4) is 0 Å². The van der Waals surface area contributed by atoms with Crippen molar-refractivity contribution < 1.29 is 0 Å². The van der Waals surface area contributed by atoms with Crippen molar-refractivity contribution in [1.82, 2.24) is 4.98 Å². The molecule has 0 spiro atoms. The Kier molecular flexibility index (Phi) is 2.74. The van der Waals surface area contributed by atoms with Crippen LogP contribution in [-0.2, 0) is 0 Å². The van der Waals surface area contributed by atoms with Gasteiger partial charge >= 0.3 is 0 Å². The van der Waals surface area contributed by atoms with Crippen LogP contribution in [0.5, 0.6) is 0 Å². The molecule has 0 aliphatic heterocycles. The van der Waals surface area contributed by atoms with Crippen molar-refractivity contribution in [3.63, 3.8) is 0 Å². The summed E-state index contributed by atoms with van der Waals surface area (Å²) in [6.45, 7) is 0. The molecule has 1 aromatic heterocycles. The van der Waals surface area contributed by atoms with Gasteiger partial charge in [0.25, 0.3) is 0 Å². The molecule has 5 heteroatoms. The van der Waals surface area contributed by atoms with E-state index in [9.17, 15) is 0 Å². The maximum atomic E-state index is 4.40. The van der Waals surface area contributed by atoms with Crippen molar-refractivity contribution in [3.05, 3.63) is 24.1 Å². The van der Waals surface area contributed by atoms with Crippen LogP contribution in [0.1, 0.15) is 0 Å². The molecule has 2 aromatic rings. The zero-order valence-electron chi connectivity index (χ0n) is 5.64. The van der Waals surface area contributed by atoms with Crippen molar-refractivity contribution in [2.24, 2.45) is 0 Å². The summed E-state index contributed by atoms with van der Waals surface area (Å²) in [5.41, 5.74) is 1.04. The van der Waals surface area contributed by atoms with Gasteiger partial charge in [0.1, 0.15) is 0 Å². The van der Waals surface area contributed by atoms with Crippen LogP contribution in [0.15, 0.2) is 21.1 Å². The molecule has 0 radical (unpaired) electrons. The third-order valence-corrected chi connectivity index (χ3v) is 4.76. The Morgan fingerprint density at radius 3 is 2.58 bits per heavy atom. The van der Waals surface area contributed by atoms with E-state index in [4.69, 9.17) is 0 Å². The zero-order chi connectivity index (χ0) is 8.72. The van der Waals surface area contributed by atoms with Gasteiger partial charge in [-0.2, -0.15) is 0 Å². The Balaban J connectivity index is 2.93. The summed E-state index contributed by atoms with van der Waals surface area (Å²) in [6.07, 6.45) is 0. The third-order valence-electron chi connectivity index (χ3n) is 1.42. The highest BCUT2D eigenvalue weighted by Gasteiger charge is 2.07. The number of hydrogen-bond donors (Lipinski definition) is 0. The molecular weight excluding hydrogens is 417 g/mol. The van der Waals surface area contributed by atoms with Crippen LogP contribution < -0.4 is 0 Å². The summed E-state index contributed by atoms with van der Waals surface area (Å²) in [5.74, 6) is 0. The van der Waals surface area contributed by atoms with Gasteiger partial charge in [-0.25, -0.2) is 4.98 Å². The van der Waals surface area contributed by atoms with Crippen LogP contribution in [0.4, 0.5) is 0 Å². The first-order valence-corrected chi connectivity index (χ1v) is 6.56. The van der Waals surface area contributed by atoms with E-state index < -0.39 is 0 Å². The van der Waals surface area contributed by atoms with Gasteiger partial charge in [-0.3, -0.25) is 0 Å². The molecule has 1 heterocycles. The summed E-state index contributed by atoms with van der Waals surface area (Å²) >= 11 is 10.9. The normalized spacial score (nSPS) is 10.9. The van der Waals surface area contributed by atoms with E-state index in [-0.39, 0.29) is 0 Å². The first-order chi connectivity index (χ1) is 5.68. The van der Waals surface area contributed by atoms with Gasteiger partial charge in [0.15, 0.2) is 3.01 Å². The number of rotatable bonds is 0. The fourth-order valence-corrected chi connectivity index (χ4v) is 3.66. The minimum atomic E-state index is 1.04. The summed E-state index contributed by atoms with van der Waals surface area (Å²) in [5, 5.41) is 0. The lowest BCUT2D eigenvalue weighted by molar-refractivity contribution is 1.43. The average molecular weight is 419 g/mol. The largest absolute Gasteiger partial charge is 0.229 e. The number of nitrogens with zero attached hydrogens (tertiary/aromatic N) is 1. The molecule has 0 unspecified atom stereocenters. The second-order valence-electron chi connectivity index (χ2n) is 2.17. The van der Waals surface area contributed by atoms with Gasteiger partial charge < -0.3 is 0 Å². The smallest absolute Gasteiger partial charge is 0.155 e. The monoisotopic (exact) mass is 417 g/mol. The highest BCUT2D eigenvalue weighted by Crippen LogP contribution is 2.34. The zero-order valence-corrected chi connectivity index (χ0v) is 11.8. The summed E-state index contributed by atoms with van der Waals surface area (Å²) in [7, 11) is 0. The van der Waals surface area contributed by atoms with Crippen LogP contribution in [-0.4, -0.2) is 4.98 Å². The Morgan fingerprint density at radius 1 is 1.25 bits per heavy atom. The van der Waals surface area contributed by atoms with Crippen molar-refractivity contribution in [1.29, 1.82) is 0 Å². The van der Waals surface area contributed by atoms with E-state index in [1.54, 1.807) is 11.3 Å². The number of fused-ring (bicyclic) bond motifs is 1. The number of halogens is 3. The summed E-state index contributed by atoms with van der Waals surface area (Å²) in [4.78, 5) is 4.40. The Labute approximate surface area is 104 Å². The van der Waals surface area contributed by atoms with Crippen LogP contribution in [0, 0.1) is 3.01 Å². The minimum Gasteiger partial charge on any atom is -0.229 e. The van der Waals surface area contributed by atoms with Gasteiger partial charge in [0, 0.05) is 8.95 Å². The van der Waals surface area contributed by atoms with Crippen LogP contribution in [0.25, 0.3) is 10.2 Å². The van der Waals surface area contributed by atoms with Gasteiger partial charge in [-0.15, -0.1) is 11.3 Å². The topological polar surface area (TPSA) is 12.9 Å². The molecular formula is C7H2Br2INS. The third kappa shape index (κ3) is 1.56. The van der Waals surface area contributed by atoms with E-state index in [1.807, 2.05) is 12.1 Å². The molecule has 2 rings (SSSR count). The van der Waals surface area contributed by atoms with E-state index in [1.165, 1.54) is 4.70 Å². The fourth-order valence-electron chi connectivity index (χ4n) is 0.919. The molecule has 0 amide bonds. The number of thiazole rings is 1. The standard InChI is InChI=1S/C7H2Br2INS/c8-3-1-2-4(9)6-5(3)11-7(10)12-6/h1-2H. The second-order valence-corrected chi connectivity index (χ2v) is 6.64. The number of hydrogen-bond acceptors (Lipinski definition) is 2. The average Bonchev–Trinajstić information content (AvgIpc) is 2.41. The fraction of sp³-hybridized carbons (Fsp3) is 0. The SMILES string of the molecule is Brc1ccc(Br)c2sc(I)nc12. The molecule has 0 atom stereocenters. The van der Waals surface area contributed by atoms with Crippen molar-refractivity contribution in [2.75, 3.05) is 0 Å². The van der Waals surface area contributed by atoms with Crippen molar-refractivity contribution in [3.8, 4) is 0 Å². The molecule has 12 heavy (non-hydrogen) atoms. The van der Waals surface area contributed by atoms with Gasteiger partial charge in [0.05, 0.1) is 10.2 Å². The molecule has 0 bridgehead atoms. The molecule has 1 nitrogen and oxygen atoms in total. The van der Waals surface area contributed by atoms with E-state index >= 15 is 0 Å². The Morgan fingerprint density at radius 2 is 1.92 bits per heavy atom. The van der Waals surface area contributed by atoms with Crippen molar-refractivity contribution in [2.45, 2.75) is 0 Å². The first kappa shape index (κ1) is 9.36. The quantitative estimate of drug-likeness (QED) is 0.577. The van der Waals surface area contributed by atoms with Crippen LogP contribution in [0.2, 0.25) is 0 Å². The molecule has 0 aliphatic carbocycles. The lowest BCUT2D eigenvalue weighted by Crippen LogP contribution is -1.72. The lowest BCUT2D eigenvalue weighted by Gasteiger charge is -1.93. The second kappa shape index (κ2) is 3.51. The molecule has 0 aliphatic rings. The molecule has 0 N–H and O–H groups in total. The van der Waals surface area contributed by atoms with E-state index in [2.05, 4.69) is 59.4 Å². The molecule has 62 valence electrons. The maximum absolute atomic E-state index is 4.40. The van der Waals surface area contributed by atoms with E-state index in [0.29, 0.717) is 0 Å². The maximum Gasteiger partial charge on any atom is 0.155 e. The first-order valence-electron chi connectivity index (χ1n) is 3.08. The summed E-state index contributed by atoms with van der Waals surface area (Å²) < 4.78 is 4.44. The predicted molar refractivity (Wildman–Crippen MR) is 67.7 cm³/mol. The van der Waals surface area contributed by atoms with Crippen molar-refractivity contribution >= 4 is 76.0 Å². The van der Waals surface area contributed by atoms with Gasteiger partial charge in [0.2, 0.25) is 0 Å². The minimum absolute atomic E-state index is 1.04. The van der Waals surface area contributed by atoms with Gasteiger partial charge in [-0.05, 0) is 66.6 Å². The molecule has 0 saturated carbocycles.